The maximum atomic E-state index is 17.4. The van der Waals surface area contributed by atoms with E-state index in [2.05, 4.69) is 0 Å². The van der Waals surface area contributed by atoms with E-state index >= 15 is 4.39 Å². The fourth-order valence-corrected chi connectivity index (χ4v) is 8.01. The number of halogens is 1. The number of aliphatic hydroxyl groups excluding tert-OH is 2. The minimum absolute atomic E-state index is 0.0643. The summed E-state index contributed by atoms with van der Waals surface area (Å²) in [4.78, 5) is 50.8. The Balaban J connectivity index is 1.61. The largest absolute Gasteiger partial charge is 0.458 e. The summed E-state index contributed by atoms with van der Waals surface area (Å²) in [7, 11) is 0. The number of hydrogen-bond acceptors (Lipinski definition) is 8. The molecule has 1 aromatic carbocycles. The van der Waals surface area contributed by atoms with E-state index in [1.807, 2.05) is 0 Å². The zero-order valence-electron chi connectivity index (χ0n) is 22.2. The maximum Gasteiger partial charge on any atom is 0.339 e. The van der Waals surface area contributed by atoms with Gasteiger partial charge in [-0.2, -0.15) is 0 Å². The third kappa shape index (κ3) is 3.69. The Hall–Kier alpha value is -3.17. The van der Waals surface area contributed by atoms with Crippen molar-refractivity contribution in [2.24, 2.45) is 22.7 Å². The first-order chi connectivity index (χ1) is 18.3. The van der Waals surface area contributed by atoms with Gasteiger partial charge >= 0.3 is 11.9 Å². The van der Waals surface area contributed by atoms with Crippen molar-refractivity contribution in [1.29, 1.82) is 0 Å². The fourth-order valence-electron chi connectivity index (χ4n) is 8.01. The molecule has 0 spiro atoms. The summed E-state index contributed by atoms with van der Waals surface area (Å²) in [5.41, 5.74) is -6.30. The molecule has 9 heteroatoms. The van der Waals surface area contributed by atoms with E-state index in [1.54, 1.807) is 32.0 Å². The number of benzene rings is 1. The van der Waals surface area contributed by atoms with Crippen molar-refractivity contribution in [2.75, 3.05) is 6.61 Å². The number of Topliss-reactive ketones (excluding diaryl/α,β-unsaturated/α-hetero) is 1. The third-order valence-electron chi connectivity index (χ3n) is 9.91. The molecule has 3 fully saturated rings. The molecule has 4 aliphatic rings. The molecule has 0 saturated heterocycles. The quantitative estimate of drug-likeness (QED) is 0.546. The van der Waals surface area contributed by atoms with Crippen molar-refractivity contribution in [3.05, 3.63) is 59.7 Å². The Labute approximate surface area is 225 Å². The van der Waals surface area contributed by atoms with Crippen LogP contribution in [0.25, 0.3) is 0 Å². The average Bonchev–Trinajstić information content (AvgIpc) is 3.11. The van der Waals surface area contributed by atoms with Gasteiger partial charge in [0.05, 0.1) is 11.7 Å². The lowest BCUT2D eigenvalue weighted by Gasteiger charge is -2.62. The van der Waals surface area contributed by atoms with Crippen LogP contribution in [-0.4, -0.2) is 63.8 Å². The molecule has 8 atom stereocenters. The van der Waals surface area contributed by atoms with Gasteiger partial charge in [-0.1, -0.05) is 36.8 Å². The molecule has 1 aromatic rings. The number of rotatable bonds is 5. The van der Waals surface area contributed by atoms with Gasteiger partial charge in [-0.25, -0.2) is 9.18 Å². The first-order valence-corrected chi connectivity index (χ1v) is 13.3. The Morgan fingerprint density at radius 1 is 1.08 bits per heavy atom. The van der Waals surface area contributed by atoms with Crippen molar-refractivity contribution in [3.63, 3.8) is 0 Å². The van der Waals surface area contributed by atoms with E-state index in [4.69, 9.17) is 9.47 Å². The number of allylic oxidation sites excluding steroid dienone is 4. The normalized spacial score (nSPS) is 40.6. The van der Waals surface area contributed by atoms with Gasteiger partial charge in [0.1, 0.15) is 6.10 Å². The van der Waals surface area contributed by atoms with Gasteiger partial charge in [-0.15, -0.1) is 0 Å². The van der Waals surface area contributed by atoms with Crippen LogP contribution >= 0.6 is 0 Å². The number of fused-ring (bicyclic) bond motifs is 5. The molecule has 0 heterocycles. The molecule has 4 aliphatic carbocycles. The van der Waals surface area contributed by atoms with Crippen LogP contribution in [0.5, 0.6) is 0 Å². The summed E-state index contributed by atoms with van der Waals surface area (Å²) in [6.45, 7) is 3.67. The van der Waals surface area contributed by atoms with E-state index < -0.39 is 70.5 Å². The number of carbonyl (C=O) groups is 4. The van der Waals surface area contributed by atoms with Crippen molar-refractivity contribution in [1.82, 2.24) is 0 Å². The first-order valence-electron chi connectivity index (χ1n) is 13.3. The zero-order valence-corrected chi connectivity index (χ0v) is 22.2. The van der Waals surface area contributed by atoms with Crippen LogP contribution in [0.2, 0.25) is 0 Å². The van der Waals surface area contributed by atoms with E-state index in [1.165, 1.54) is 30.4 Å². The molecule has 5 rings (SSSR count). The van der Waals surface area contributed by atoms with Crippen LogP contribution in [0.4, 0.5) is 4.39 Å². The molecular weight excluding hydrogens is 507 g/mol. The van der Waals surface area contributed by atoms with Crippen LogP contribution < -0.4 is 0 Å². The van der Waals surface area contributed by atoms with Crippen molar-refractivity contribution in [2.45, 2.75) is 69.9 Å². The lowest BCUT2D eigenvalue weighted by atomic mass is 9.44. The SMILES string of the molecule is CC(=O)OCC(=O)[C@@]1(OC(=O)c2ccccc2)C(O)C[C@H]2[C@@H]3CCC4=CC(=O)C=C[C@]4(C)[C@@]3(F)C(O)C[C@@]21C. The second-order valence-electron chi connectivity index (χ2n) is 11.7. The lowest BCUT2D eigenvalue weighted by molar-refractivity contribution is -0.222. The highest BCUT2D eigenvalue weighted by Crippen LogP contribution is 2.70. The summed E-state index contributed by atoms with van der Waals surface area (Å²) in [5.74, 6) is -4.15. The molecule has 8 nitrogen and oxygen atoms in total. The van der Waals surface area contributed by atoms with Crippen molar-refractivity contribution >= 4 is 23.5 Å². The fraction of sp³-hybridized carbons (Fsp3) is 0.533. The van der Waals surface area contributed by atoms with Gasteiger partial charge in [-0.05, 0) is 62.8 Å². The molecule has 0 radical (unpaired) electrons. The minimum Gasteiger partial charge on any atom is -0.458 e. The Morgan fingerprint density at radius 3 is 2.44 bits per heavy atom. The van der Waals surface area contributed by atoms with E-state index in [0.29, 0.717) is 12.0 Å². The van der Waals surface area contributed by atoms with Gasteiger partial charge < -0.3 is 19.7 Å². The highest BCUT2D eigenvalue weighted by molar-refractivity contribution is 6.01. The second kappa shape index (κ2) is 9.20. The number of carbonyl (C=O) groups excluding carboxylic acids is 4. The van der Waals surface area contributed by atoms with Gasteiger partial charge in [0.2, 0.25) is 11.4 Å². The smallest absolute Gasteiger partial charge is 0.339 e. The van der Waals surface area contributed by atoms with Crippen LogP contribution in [-0.2, 0) is 23.9 Å². The Kier molecular flexibility index (Phi) is 6.46. The Morgan fingerprint density at radius 2 is 1.77 bits per heavy atom. The number of esters is 2. The molecule has 208 valence electrons. The van der Waals surface area contributed by atoms with E-state index in [-0.39, 0.29) is 30.6 Å². The highest BCUT2D eigenvalue weighted by atomic mass is 19.1. The monoisotopic (exact) mass is 540 g/mol. The molecule has 0 amide bonds. The molecule has 2 N–H and O–H groups in total. The molecule has 2 unspecified atom stereocenters. The maximum absolute atomic E-state index is 17.4. The van der Waals surface area contributed by atoms with Gasteiger partial charge in [0.15, 0.2) is 18.1 Å². The van der Waals surface area contributed by atoms with Crippen LogP contribution in [0.15, 0.2) is 54.1 Å². The van der Waals surface area contributed by atoms with Gasteiger partial charge in [0.25, 0.3) is 0 Å². The lowest BCUT2D eigenvalue weighted by Crippen LogP contribution is -2.70. The van der Waals surface area contributed by atoms with E-state index in [9.17, 15) is 29.4 Å². The molecular formula is C30H33FO8. The van der Waals surface area contributed by atoms with Crippen LogP contribution in [0, 0.1) is 22.7 Å². The summed E-state index contributed by atoms with van der Waals surface area (Å²) in [5, 5.41) is 23.1. The van der Waals surface area contributed by atoms with Crippen molar-refractivity contribution in [3.8, 4) is 0 Å². The topological polar surface area (TPSA) is 127 Å². The first kappa shape index (κ1) is 27.4. The van der Waals surface area contributed by atoms with Gasteiger partial charge in [-0.3, -0.25) is 14.4 Å². The average molecular weight is 541 g/mol. The summed E-state index contributed by atoms with van der Waals surface area (Å²) in [6.07, 6.45) is 1.40. The van der Waals surface area contributed by atoms with Crippen LogP contribution in [0.1, 0.15) is 56.8 Å². The Bertz CT molecular complexity index is 1290. The molecule has 0 aromatic heterocycles. The summed E-state index contributed by atoms with van der Waals surface area (Å²) >= 11 is 0. The van der Waals surface area contributed by atoms with Gasteiger partial charge in [0, 0.05) is 23.7 Å². The predicted molar refractivity (Wildman–Crippen MR) is 136 cm³/mol. The predicted octanol–water partition coefficient (Wildman–Crippen LogP) is 3.06. The zero-order chi connectivity index (χ0) is 28.4. The third-order valence-corrected chi connectivity index (χ3v) is 9.91. The molecule has 0 aliphatic heterocycles. The van der Waals surface area contributed by atoms with Crippen molar-refractivity contribution < 1.29 is 43.3 Å². The number of aliphatic hydroxyl groups is 2. The summed E-state index contributed by atoms with van der Waals surface area (Å²) in [6, 6.07) is 7.96. The second-order valence-corrected chi connectivity index (χ2v) is 11.7. The molecule has 39 heavy (non-hydrogen) atoms. The number of hydrogen-bond donors (Lipinski definition) is 2. The molecule has 0 bridgehead atoms. The number of ether oxygens (including phenoxy) is 2. The standard InChI is InChI=1S/C30H33FO8/c1-17(32)38-16-25(36)30(39-26(37)18-7-5-4-6-8-18)23(34)14-22-21-10-9-19-13-20(33)11-12-27(19,2)29(21,31)24(35)15-28(22,30)3/h4-8,11-13,21-24,34-35H,9-10,14-16H2,1-3H3/t21-,22-,23?,24?,27-,28-,29-,30-/m0/s1. The summed E-state index contributed by atoms with van der Waals surface area (Å²) < 4.78 is 28.3. The number of ketones is 2. The minimum atomic E-state index is -2.20. The van der Waals surface area contributed by atoms with E-state index in [0.717, 1.165) is 6.92 Å². The number of alkyl halides is 1. The highest BCUT2D eigenvalue weighted by Gasteiger charge is 2.78. The molecule has 3 saturated carbocycles. The van der Waals surface area contributed by atoms with Crippen LogP contribution in [0.3, 0.4) is 0 Å².